The Labute approximate surface area is 130 Å². The molecule has 0 aromatic heterocycles. The number of aromatic carboxylic acids is 1. The van der Waals surface area contributed by atoms with Gasteiger partial charge in [-0.1, -0.05) is 46.3 Å². The molecule has 21 heavy (non-hydrogen) atoms. The summed E-state index contributed by atoms with van der Waals surface area (Å²) in [6, 6.07) is 13.7. The topological polar surface area (TPSA) is 66.4 Å². The Hall–Kier alpha value is -2.40. The molecule has 2 rings (SSSR count). The first kappa shape index (κ1) is 15.0. The van der Waals surface area contributed by atoms with Crippen molar-refractivity contribution in [3.63, 3.8) is 0 Å². The fourth-order valence-electron chi connectivity index (χ4n) is 1.73. The molecule has 0 saturated carbocycles. The summed E-state index contributed by atoms with van der Waals surface area (Å²) in [6.07, 6.45) is 3.02. The summed E-state index contributed by atoms with van der Waals surface area (Å²) in [4.78, 5) is 22.9. The maximum absolute atomic E-state index is 11.9. The molecule has 0 aliphatic heterocycles. The summed E-state index contributed by atoms with van der Waals surface area (Å²) in [5.41, 5.74) is 1.19. The fourth-order valence-corrected chi connectivity index (χ4v) is 2.15. The Morgan fingerprint density at radius 3 is 2.43 bits per heavy atom. The predicted octanol–water partition coefficient (Wildman–Crippen LogP) is 3.80. The molecule has 4 nitrogen and oxygen atoms in total. The zero-order chi connectivity index (χ0) is 15.2. The molecule has 0 saturated heterocycles. The van der Waals surface area contributed by atoms with Gasteiger partial charge in [-0.25, -0.2) is 4.79 Å². The Balaban J connectivity index is 2.13. The maximum atomic E-state index is 11.9. The number of nitrogens with one attached hydrogen (secondary N) is 1. The van der Waals surface area contributed by atoms with Crippen LogP contribution in [0.2, 0.25) is 0 Å². The van der Waals surface area contributed by atoms with Gasteiger partial charge in [0.15, 0.2) is 0 Å². The molecule has 2 aromatic carbocycles. The van der Waals surface area contributed by atoms with Gasteiger partial charge < -0.3 is 10.4 Å². The molecular weight excluding hydrogens is 334 g/mol. The van der Waals surface area contributed by atoms with Gasteiger partial charge in [0.1, 0.15) is 0 Å². The number of carbonyl (C=O) groups excluding carboxylic acids is 1. The smallest absolute Gasteiger partial charge is 0.337 e. The molecule has 0 spiro atoms. The second kappa shape index (κ2) is 6.85. The fraction of sp³-hybridized carbons (Fsp3) is 0. The van der Waals surface area contributed by atoms with Crippen molar-refractivity contribution in [3.8, 4) is 0 Å². The van der Waals surface area contributed by atoms with E-state index in [4.69, 9.17) is 5.11 Å². The molecular formula is C16H12BrNO3. The van der Waals surface area contributed by atoms with Crippen LogP contribution in [0.25, 0.3) is 6.08 Å². The standard InChI is InChI=1S/C16H12BrNO3/c17-13-7-3-1-5-11(13)9-10-15(19)18-14-8-4-2-6-12(14)16(20)21/h1-10H,(H,18,19)(H,20,21)/b10-9+. The number of carboxylic acids is 1. The minimum atomic E-state index is -1.08. The molecule has 106 valence electrons. The number of halogens is 1. The van der Waals surface area contributed by atoms with E-state index in [1.54, 1.807) is 24.3 Å². The van der Waals surface area contributed by atoms with E-state index in [1.807, 2.05) is 24.3 Å². The lowest BCUT2D eigenvalue weighted by molar-refractivity contribution is -0.111. The van der Waals surface area contributed by atoms with Gasteiger partial charge in [-0.2, -0.15) is 0 Å². The summed E-state index contributed by atoms with van der Waals surface area (Å²) < 4.78 is 0.875. The average molecular weight is 346 g/mol. The number of hydrogen-bond acceptors (Lipinski definition) is 2. The highest BCUT2D eigenvalue weighted by molar-refractivity contribution is 9.10. The van der Waals surface area contributed by atoms with Crippen LogP contribution in [0.5, 0.6) is 0 Å². The van der Waals surface area contributed by atoms with E-state index in [0.29, 0.717) is 0 Å². The monoisotopic (exact) mass is 345 g/mol. The molecule has 2 N–H and O–H groups in total. The zero-order valence-electron chi connectivity index (χ0n) is 10.9. The Morgan fingerprint density at radius 2 is 1.71 bits per heavy atom. The number of anilines is 1. The Morgan fingerprint density at radius 1 is 1.05 bits per heavy atom. The second-order valence-electron chi connectivity index (χ2n) is 4.19. The van der Waals surface area contributed by atoms with E-state index >= 15 is 0 Å². The van der Waals surface area contributed by atoms with E-state index in [1.165, 1.54) is 12.1 Å². The van der Waals surface area contributed by atoms with Gasteiger partial charge >= 0.3 is 5.97 Å². The molecule has 5 heteroatoms. The van der Waals surface area contributed by atoms with Gasteiger partial charge in [0.05, 0.1) is 11.3 Å². The number of rotatable bonds is 4. The average Bonchev–Trinajstić information content (AvgIpc) is 2.47. The van der Waals surface area contributed by atoms with E-state index < -0.39 is 5.97 Å². The van der Waals surface area contributed by atoms with Crippen molar-refractivity contribution >= 4 is 39.6 Å². The van der Waals surface area contributed by atoms with Crippen molar-refractivity contribution < 1.29 is 14.7 Å². The Kier molecular flexibility index (Phi) is 4.90. The first-order valence-electron chi connectivity index (χ1n) is 6.14. The predicted molar refractivity (Wildman–Crippen MR) is 85.2 cm³/mol. The summed E-state index contributed by atoms with van der Waals surface area (Å²) >= 11 is 3.38. The normalized spacial score (nSPS) is 10.5. The number of amides is 1. The highest BCUT2D eigenvalue weighted by atomic mass is 79.9. The van der Waals surface area contributed by atoms with Crippen LogP contribution < -0.4 is 5.32 Å². The molecule has 0 aliphatic rings. The van der Waals surface area contributed by atoms with E-state index in [2.05, 4.69) is 21.2 Å². The van der Waals surface area contributed by atoms with Gasteiger partial charge in [0, 0.05) is 10.5 Å². The van der Waals surface area contributed by atoms with Crippen LogP contribution in [0.3, 0.4) is 0 Å². The number of hydrogen-bond donors (Lipinski definition) is 2. The minimum absolute atomic E-state index is 0.0557. The molecule has 0 heterocycles. The van der Waals surface area contributed by atoms with Gasteiger partial charge in [0.25, 0.3) is 0 Å². The number of carbonyl (C=O) groups is 2. The quantitative estimate of drug-likeness (QED) is 0.828. The summed E-state index contributed by atoms with van der Waals surface area (Å²) in [5, 5.41) is 11.6. The molecule has 0 fully saturated rings. The van der Waals surface area contributed by atoms with E-state index in [-0.39, 0.29) is 17.2 Å². The third-order valence-corrected chi connectivity index (χ3v) is 3.46. The van der Waals surface area contributed by atoms with Crippen LogP contribution in [-0.4, -0.2) is 17.0 Å². The first-order chi connectivity index (χ1) is 10.1. The molecule has 0 atom stereocenters. The van der Waals surface area contributed by atoms with Crippen molar-refractivity contribution in [1.29, 1.82) is 0 Å². The van der Waals surface area contributed by atoms with Crippen LogP contribution >= 0.6 is 15.9 Å². The van der Waals surface area contributed by atoms with Gasteiger partial charge in [0.2, 0.25) is 5.91 Å². The van der Waals surface area contributed by atoms with Crippen LogP contribution in [0.15, 0.2) is 59.1 Å². The van der Waals surface area contributed by atoms with Crippen molar-refractivity contribution in [2.45, 2.75) is 0 Å². The maximum Gasteiger partial charge on any atom is 0.337 e. The summed E-state index contributed by atoms with van der Waals surface area (Å²) in [6.45, 7) is 0. The number of para-hydroxylation sites is 1. The first-order valence-corrected chi connectivity index (χ1v) is 6.93. The molecule has 0 radical (unpaired) electrons. The third kappa shape index (κ3) is 4.03. The van der Waals surface area contributed by atoms with Crippen molar-refractivity contribution in [1.82, 2.24) is 0 Å². The number of benzene rings is 2. The lowest BCUT2D eigenvalue weighted by Gasteiger charge is -2.05. The number of carboxylic acid groups (broad SMARTS) is 1. The third-order valence-electron chi connectivity index (χ3n) is 2.73. The minimum Gasteiger partial charge on any atom is -0.478 e. The lowest BCUT2D eigenvalue weighted by atomic mass is 10.1. The van der Waals surface area contributed by atoms with Crippen LogP contribution in [0.4, 0.5) is 5.69 Å². The molecule has 2 aromatic rings. The van der Waals surface area contributed by atoms with Crippen LogP contribution in [0, 0.1) is 0 Å². The summed E-state index contributed by atoms with van der Waals surface area (Å²) in [7, 11) is 0. The SMILES string of the molecule is O=C(/C=C/c1ccccc1Br)Nc1ccccc1C(=O)O. The van der Waals surface area contributed by atoms with Gasteiger partial charge in [-0.15, -0.1) is 0 Å². The van der Waals surface area contributed by atoms with Crippen molar-refractivity contribution in [2.24, 2.45) is 0 Å². The van der Waals surface area contributed by atoms with Gasteiger partial charge in [-0.3, -0.25) is 4.79 Å². The molecule has 0 unspecified atom stereocenters. The Bertz CT molecular complexity index is 710. The molecule has 0 bridgehead atoms. The second-order valence-corrected chi connectivity index (χ2v) is 5.05. The highest BCUT2D eigenvalue weighted by Gasteiger charge is 2.10. The lowest BCUT2D eigenvalue weighted by Crippen LogP contribution is -2.11. The van der Waals surface area contributed by atoms with E-state index in [9.17, 15) is 9.59 Å². The van der Waals surface area contributed by atoms with E-state index in [0.717, 1.165) is 10.0 Å². The molecule has 0 aliphatic carbocycles. The largest absolute Gasteiger partial charge is 0.478 e. The highest BCUT2D eigenvalue weighted by Crippen LogP contribution is 2.18. The zero-order valence-corrected chi connectivity index (χ0v) is 12.5. The summed E-state index contributed by atoms with van der Waals surface area (Å²) in [5.74, 6) is -1.47. The van der Waals surface area contributed by atoms with Crippen molar-refractivity contribution in [2.75, 3.05) is 5.32 Å². The molecule has 1 amide bonds. The van der Waals surface area contributed by atoms with Gasteiger partial charge in [-0.05, 0) is 29.8 Å². The van der Waals surface area contributed by atoms with Crippen LogP contribution in [-0.2, 0) is 4.79 Å². The van der Waals surface area contributed by atoms with Crippen molar-refractivity contribution in [3.05, 3.63) is 70.2 Å². The van der Waals surface area contributed by atoms with Crippen LogP contribution in [0.1, 0.15) is 15.9 Å².